The van der Waals surface area contributed by atoms with E-state index in [0.717, 1.165) is 43.0 Å². The third kappa shape index (κ3) is 6.34. The molecule has 0 radical (unpaired) electrons. The van der Waals surface area contributed by atoms with Gasteiger partial charge in [0.15, 0.2) is 0 Å². The van der Waals surface area contributed by atoms with E-state index in [-0.39, 0.29) is 0 Å². The molecular formula is C25H29NO2. The van der Waals surface area contributed by atoms with Crippen LogP contribution in [0.15, 0.2) is 78.9 Å². The molecule has 0 atom stereocenters. The molecule has 0 aliphatic heterocycles. The van der Waals surface area contributed by atoms with Crippen LogP contribution in [0.3, 0.4) is 0 Å². The van der Waals surface area contributed by atoms with Crippen molar-refractivity contribution in [3.05, 3.63) is 90.0 Å². The Hall–Kier alpha value is -2.94. The molecule has 0 spiro atoms. The summed E-state index contributed by atoms with van der Waals surface area (Å²) in [6, 6.07) is 26.9. The lowest BCUT2D eigenvalue weighted by atomic mass is 10.1. The Morgan fingerprint density at radius 3 is 2.25 bits per heavy atom. The lowest BCUT2D eigenvalue weighted by molar-refractivity contribution is 0.311. The topological polar surface area (TPSA) is 30.5 Å². The van der Waals surface area contributed by atoms with Crippen LogP contribution in [0.4, 0.5) is 5.69 Å². The summed E-state index contributed by atoms with van der Waals surface area (Å²) in [5, 5.41) is 3.41. The summed E-state index contributed by atoms with van der Waals surface area (Å²) < 4.78 is 11.8. The van der Waals surface area contributed by atoms with E-state index in [0.29, 0.717) is 13.2 Å². The lowest BCUT2D eigenvalue weighted by Gasteiger charge is -2.14. The van der Waals surface area contributed by atoms with Crippen molar-refractivity contribution in [1.29, 1.82) is 0 Å². The van der Waals surface area contributed by atoms with Crippen molar-refractivity contribution in [3.8, 4) is 11.5 Å². The van der Waals surface area contributed by atoms with Crippen molar-refractivity contribution in [1.82, 2.24) is 0 Å². The predicted molar refractivity (Wildman–Crippen MR) is 117 cm³/mol. The Morgan fingerprint density at radius 1 is 0.714 bits per heavy atom. The van der Waals surface area contributed by atoms with Gasteiger partial charge in [0.25, 0.3) is 0 Å². The third-order valence-corrected chi connectivity index (χ3v) is 4.62. The van der Waals surface area contributed by atoms with Crippen LogP contribution in [0.25, 0.3) is 0 Å². The molecule has 0 saturated carbocycles. The van der Waals surface area contributed by atoms with Gasteiger partial charge in [0, 0.05) is 6.54 Å². The molecule has 3 rings (SSSR count). The average Bonchev–Trinajstić information content (AvgIpc) is 2.76. The van der Waals surface area contributed by atoms with Gasteiger partial charge in [0.05, 0.1) is 12.3 Å². The molecule has 0 fully saturated rings. The zero-order valence-corrected chi connectivity index (χ0v) is 16.6. The number of anilines is 1. The molecule has 0 aromatic heterocycles. The van der Waals surface area contributed by atoms with Gasteiger partial charge in [-0.25, -0.2) is 0 Å². The van der Waals surface area contributed by atoms with Gasteiger partial charge in [-0.2, -0.15) is 0 Å². The van der Waals surface area contributed by atoms with Crippen LogP contribution in [-0.4, -0.2) is 19.8 Å². The highest BCUT2D eigenvalue weighted by atomic mass is 16.5. The number of benzene rings is 3. The van der Waals surface area contributed by atoms with Crippen LogP contribution < -0.4 is 14.8 Å². The minimum Gasteiger partial charge on any atom is -0.492 e. The van der Waals surface area contributed by atoms with Crippen molar-refractivity contribution in [2.75, 3.05) is 25.1 Å². The molecule has 0 aliphatic rings. The number of para-hydroxylation sites is 2. The highest BCUT2D eigenvalue weighted by Gasteiger charge is 2.03. The fourth-order valence-electron chi connectivity index (χ4n) is 3.02. The van der Waals surface area contributed by atoms with Gasteiger partial charge >= 0.3 is 0 Å². The largest absolute Gasteiger partial charge is 0.492 e. The van der Waals surface area contributed by atoms with E-state index in [1.807, 2.05) is 42.5 Å². The lowest BCUT2D eigenvalue weighted by Crippen LogP contribution is -2.12. The van der Waals surface area contributed by atoms with Crippen molar-refractivity contribution >= 4 is 5.69 Å². The smallest absolute Gasteiger partial charge is 0.142 e. The number of ether oxygens (including phenoxy) is 2. The van der Waals surface area contributed by atoms with Crippen LogP contribution >= 0.6 is 0 Å². The second-order valence-electron chi connectivity index (χ2n) is 6.71. The first-order valence-electron chi connectivity index (χ1n) is 10.1. The number of aryl methyl sites for hydroxylation is 2. The van der Waals surface area contributed by atoms with E-state index in [4.69, 9.17) is 9.47 Å². The second kappa shape index (κ2) is 11.0. The first-order valence-corrected chi connectivity index (χ1v) is 10.1. The molecule has 1 N–H and O–H groups in total. The maximum Gasteiger partial charge on any atom is 0.142 e. The van der Waals surface area contributed by atoms with Gasteiger partial charge in [-0.3, -0.25) is 0 Å². The molecule has 0 bridgehead atoms. The van der Waals surface area contributed by atoms with Crippen LogP contribution in [0.5, 0.6) is 11.5 Å². The van der Waals surface area contributed by atoms with Crippen molar-refractivity contribution in [3.63, 3.8) is 0 Å². The van der Waals surface area contributed by atoms with Gasteiger partial charge in [0.2, 0.25) is 0 Å². The van der Waals surface area contributed by atoms with E-state index in [9.17, 15) is 0 Å². The number of nitrogens with one attached hydrogen (secondary N) is 1. The summed E-state index contributed by atoms with van der Waals surface area (Å²) in [5.41, 5.74) is 3.68. The van der Waals surface area contributed by atoms with E-state index in [1.54, 1.807) is 0 Å². The Kier molecular flexibility index (Phi) is 7.80. The van der Waals surface area contributed by atoms with Crippen LogP contribution in [0.1, 0.15) is 24.5 Å². The maximum atomic E-state index is 6.00. The fraction of sp³-hybridized carbons (Fsp3) is 0.280. The molecule has 0 unspecified atom stereocenters. The Balaban J connectivity index is 1.40. The maximum absolute atomic E-state index is 6.00. The van der Waals surface area contributed by atoms with E-state index in [1.165, 1.54) is 11.1 Å². The molecule has 28 heavy (non-hydrogen) atoms. The zero-order valence-electron chi connectivity index (χ0n) is 16.6. The van der Waals surface area contributed by atoms with Gasteiger partial charge < -0.3 is 14.8 Å². The van der Waals surface area contributed by atoms with Crippen molar-refractivity contribution < 1.29 is 9.47 Å². The molecule has 0 saturated heterocycles. The molecule has 0 amide bonds. The Morgan fingerprint density at radius 2 is 1.46 bits per heavy atom. The standard InChI is InChI=1S/C25H29NO2/c1-2-21-14-16-23(17-15-21)27-20-18-26-24-12-6-7-13-25(24)28-19-8-11-22-9-4-3-5-10-22/h3-7,9-10,12-17,26H,2,8,11,18-20H2,1H3. The predicted octanol–water partition coefficient (Wildman–Crippen LogP) is 5.75. The number of rotatable bonds is 11. The first-order chi connectivity index (χ1) is 13.8. The molecule has 0 heterocycles. The summed E-state index contributed by atoms with van der Waals surface area (Å²) in [4.78, 5) is 0. The molecule has 3 aromatic rings. The summed E-state index contributed by atoms with van der Waals surface area (Å²) in [7, 11) is 0. The minimum absolute atomic E-state index is 0.605. The Bertz CT molecular complexity index is 815. The van der Waals surface area contributed by atoms with E-state index < -0.39 is 0 Å². The second-order valence-corrected chi connectivity index (χ2v) is 6.71. The van der Waals surface area contributed by atoms with Crippen LogP contribution in [0.2, 0.25) is 0 Å². The minimum atomic E-state index is 0.605. The SMILES string of the molecule is CCc1ccc(OCCNc2ccccc2OCCCc2ccccc2)cc1. The summed E-state index contributed by atoms with van der Waals surface area (Å²) in [5.74, 6) is 1.80. The Labute approximate surface area is 168 Å². The quantitative estimate of drug-likeness (QED) is 0.433. The van der Waals surface area contributed by atoms with Gasteiger partial charge in [-0.1, -0.05) is 61.5 Å². The summed E-state index contributed by atoms with van der Waals surface area (Å²) in [6.07, 6.45) is 3.07. The van der Waals surface area contributed by atoms with Gasteiger partial charge in [-0.15, -0.1) is 0 Å². The van der Waals surface area contributed by atoms with Gasteiger partial charge in [0.1, 0.15) is 18.1 Å². The highest BCUT2D eigenvalue weighted by molar-refractivity contribution is 5.56. The van der Waals surface area contributed by atoms with Crippen LogP contribution in [-0.2, 0) is 12.8 Å². The molecule has 3 heteroatoms. The normalized spacial score (nSPS) is 10.5. The monoisotopic (exact) mass is 375 g/mol. The molecular weight excluding hydrogens is 346 g/mol. The fourth-order valence-corrected chi connectivity index (χ4v) is 3.02. The van der Waals surface area contributed by atoms with Crippen molar-refractivity contribution in [2.24, 2.45) is 0 Å². The summed E-state index contributed by atoms with van der Waals surface area (Å²) >= 11 is 0. The highest BCUT2D eigenvalue weighted by Crippen LogP contribution is 2.24. The number of hydrogen-bond donors (Lipinski definition) is 1. The van der Waals surface area contributed by atoms with Crippen LogP contribution in [0, 0.1) is 0 Å². The molecule has 3 aromatic carbocycles. The molecule has 146 valence electrons. The molecule has 3 nitrogen and oxygen atoms in total. The van der Waals surface area contributed by atoms with Crippen molar-refractivity contribution in [2.45, 2.75) is 26.2 Å². The summed E-state index contributed by atoms with van der Waals surface area (Å²) in [6.45, 7) is 4.18. The van der Waals surface area contributed by atoms with E-state index >= 15 is 0 Å². The zero-order chi connectivity index (χ0) is 19.4. The first kappa shape index (κ1) is 19.8. The van der Waals surface area contributed by atoms with Gasteiger partial charge in [-0.05, 0) is 54.7 Å². The number of hydrogen-bond acceptors (Lipinski definition) is 3. The molecule has 0 aliphatic carbocycles. The van der Waals surface area contributed by atoms with E-state index in [2.05, 4.69) is 48.6 Å². The third-order valence-electron chi connectivity index (χ3n) is 4.62. The average molecular weight is 376 g/mol.